The molecule has 0 spiro atoms. The Labute approximate surface area is 121 Å². The van der Waals surface area contributed by atoms with Crippen molar-refractivity contribution in [1.82, 2.24) is 9.97 Å². The fraction of sp³-hybridized carbons (Fsp3) is 0.250. The summed E-state index contributed by atoms with van der Waals surface area (Å²) in [4.78, 5) is 19.8. The molecule has 0 saturated heterocycles. The van der Waals surface area contributed by atoms with Crippen molar-refractivity contribution in [3.8, 4) is 0 Å². The van der Waals surface area contributed by atoms with Gasteiger partial charge in [-0.25, -0.2) is 4.98 Å². The topological polar surface area (TPSA) is 64.1 Å². The van der Waals surface area contributed by atoms with E-state index in [0.717, 1.165) is 28.5 Å². The molecular formula is C12H10F3N3O2S. The zero-order valence-corrected chi connectivity index (χ0v) is 11.6. The molecule has 0 aliphatic heterocycles. The molecule has 0 unspecified atom stereocenters. The number of thiazole rings is 1. The third kappa shape index (κ3) is 3.76. The number of amides is 1. The fourth-order valence-corrected chi connectivity index (χ4v) is 2.33. The number of carbonyl (C=O) groups excluding carboxylic acids is 1. The van der Waals surface area contributed by atoms with Crippen molar-refractivity contribution in [3.63, 3.8) is 0 Å². The first-order valence-electron chi connectivity index (χ1n) is 5.69. The van der Waals surface area contributed by atoms with Crippen LogP contribution in [-0.4, -0.2) is 23.0 Å². The summed E-state index contributed by atoms with van der Waals surface area (Å²) < 4.78 is 43.2. The van der Waals surface area contributed by atoms with Crippen LogP contribution in [0.1, 0.15) is 20.9 Å². The van der Waals surface area contributed by atoms with Gasteiger partial charge in [0.2, 0.25) is 0 Å². The van der Waals surface area contributed by atoms with Gasteiger partial charge in [-0.3, -0.25) is 15.1 Å². The summed E-state index contributed by atoms with van der Waals surface area (Å²) in [7, 11) is 1.50. The van der Waals surface area contributed by atoms with Crippen LogP contribution >= 0.6 is 11.3 Å². The van der Waals surface area contributed by atoms with E-state index >= 15 is 0 Å². The number of nitrogens with zero attached hydrogens (tertiary/aromatic N) is 2. The van der Waals surface area contributed by atoms with Gasteiger partial charge >= 0.3 is 6.18 Å². The number of pyridine rings is 1. The van der Waals surface area contributed by atoms with Crippen LogP contribution in [0.15, 0.2) is 24.5 Å². The second-order valence-electron chi connectivity index (χ2n) is 3.92. The lowest BCUT2D eigenvalue weighted by Crippen LogP contribution is -2.20. The first-order valence-corrected chi connectivity index (χ1v) is 6.50. The van der Waals surface area contributed by atoms with Gasteiger partial charge in [0.1, 0.15) is 0 Å². The summed E-state index contributed by atoms with van der Waals surface area (Å²) in [6.07, 6.45) is -2.23. The standard InChI is InChI=1S/C12H10F3N3O2S/c1-20-6-7-5-17-11(21-7)18-10(19)8-3-2-4-16-9(8)12(13,14)15/h2-5H,6H2,1H3,(H,17,18,19). The molecule has 5 nitrogen and oxygen atoms in total. The minimum absolute atomic E-state index is 0.198. The van der Waals surface area contributed by atoms with Crippen LogP contribution in [-0.2, 0) is 17.5 Å². The smallest absolute Gasteiger partial charge is 0.379 e. The highest BCUT2D eigenvalue weighted by molar-refractivity contribution is 7.15. The number of nitrogens with one attached hydrogen (secondary N) is 1. The molecule has 2 rings (SSSR count). The van der Waals surface area contributed by atoms with Crippen LogP contribution in [0.4, 0.5) is 18.3 Å². The van der Waals surface area contributed by atoms with E-state index in [2.05, 4.69) is 15.3 Å². The van der Waals surface area contributed by atoms with Crippen molar-refractivity contribution >= 4 is 22.4 Å². The maximum atomic E-state index is 12.8. The normalized spacial score (nSPS) is 11.4. The summed E-state index contributed by atoms with van der Waals surface area (Å²) in [5, 5.41) is 2.52. The van der Waals surface area contributed by atoms with Gasteiger partial charge in [-0.05, 0) is 12.1 Å². The Hall–Kier alpha value is -2.00. The zero-order valence-electron chi connectivity index (χ0n) is 10.8. The number of rotatable bonds is 4. The molecule has 0 fully saturated rings. The van der Waals surface area contributed by atoms with E-state index in [1.165, 1.54) is 19.4 Å². The molecule has 1 N–H and O–H groups in total. The molecule has 0 aliphatic rings. The van der Waals surface area contributed by atoms with Gasteiger partial charge in [-0.2, -0.15) is 13.2 Å². The first kappa shape index (κ1) is 15.4. The van der Waals surface area contributed by atoms with Crippen LogP contribution < -0.4 is 5.32 Å². The number of aromatic nitrogens is 2. The Morgan fingerprint density at radius 2 is 2.19 bits per heavy atom. The average Bonchev–Trinajstić information content (AvgIpc) is 2.85. The third-order valence-electron chi connectivity index (χ3n) is 2.38. The van der Waals surface area contributed by atoms with E-state index < -0.39 is 23.3 Å². The molecule has 0 aliphatic carbocycles. The van der Waals surface area contributed by atoms with Crippen molar-refractivity contribution < 1.29 is 22.7 Å². The van der Waals surface area contributed by atoms with E-state index in [1.54, 1.807) is 0 Å². The summed E-state index contributed by atoms with van der Waals surface area (Å²) >= 11 is 1.12. The molecule has 1 amide bonds. The Balaban J connectivity index is 2.20. The third-order valence-corrected chi connectivity index (χ3v) is 3.27. The number of halogens is 3. The van der Waals surface area contributed by atoms with Gasteiger partial charge in [-0.15, -0.1) is 0 Å². The molecule has 0 aromatic carbocycles. The molecule has 0 saturated carbocycles. The van der Waals surface area contributed by atoms with Crippen LogP contribution in [0.5, 0.6) is 0 Å². The quantitative estimate of drug-likeness (QED) is 0.941. The van der Waals surface area contributed by atoms with Gasteiger partial charge < -0.3 is 4.74 Å². The molecule has 0 bridgehead atoms. The lowest BCUT2D eigenvalue weighted by molar-refractivity contribution is -0.141. The Bertz CT molecular complexity index is 643. The summed E-state index contributed by atoms with van der Waals surface area (Å²) in [5.41, 5.74) is -1.77. The van der Waals surface area contributed by atoms with E-state index in [0.29, 0.717) is 6.61 Å². The molecule has 0 atom stereocenters. The monoisotopic (exact) mass is 317 g/mol. The molecule has 9 heteroatoms. The first-order chi connectivity index (χ1) is 9.91. The Morgan fingerprint density at radius 3 is 2.86 bits per heavy atom. The molecule has 0 radical (unpaired) electrons. The number of methoxy groups -OCH3 is 1. The highest BCUT2D eigenvalue weighted by Gasteiger charge is 2.37. The highest BCUT2D eigenvalue weighted by Crippen LogP contribution is 2.30. The summed E-state index contributed by atoms with van der Waals surface area (Å²) in [6, 6.07) is 2.33. The molecular weight excluding hydrogens is 307 g/mol. The molecule has 2 aromatic heterocycles. The second-order valence-corrected chi connectivity index (χ2v) is 5.03. The zero-order chi connectivity index (χ0) is 15.5. The maximum absolute atomic E-state index is 12.8. The van der Waals surface area contributed by atoms with Crippen molar-refractivity contribution in [2.45, 2.75) is 12.8 Å². The van der Waals surface area contributed by atoms with Gasteiger partial charge in [0, 0.05) is 19.5 Å². The molecule has 2 heterocycles. The Kier molecular flexibility index (Phi) is 4.53. The fourth-order valence-electron chi connectivity index (χ4n) is 1.55. The average molecular weight is 317 g/mol. The molecule has 21 heavy (non-hydrogen) atoms. The SMILES string of the molecule is COCc1cnc(NC(=O)c2cccnc2C(F)(F)F)s1. The number of ether oxygens (including phenoxy) is 1. The van der Waals surface area contributed by atoms with Crippen molar-refractivity contribution in [2.75, 3.05) is 12.4 Å². The number of hydrogen-bond donors (Lipinski definition) is 1. The number of hydrogen-bond acceptors (Lipinski definition) is 5. The molecule has 112 valence electrons. The van der Waals surface area contributed by atoms with Gasteiger partial charge in [0.25, 0.3) is 5.91 Å². The second kappa shape index (κ2) is 6.19. The van der Waals surface area contributed by atoms with Crippen LogP contribution in [0.2, 0.25) is 0 Å². The number of alkyl halides is 3. The largest absolute Gasteiger partial charge is 0.434 e. The van der Waals surface area contributed by atoms with E-state index in [-0.39, 0.29) is 5.13 Å². The van der Waals surface area contributed by atoms with Crippen molar-refractivity contribution in [3.05, 3.63) is 40.7 Å². The van der Waals surface area contributed by atoms with Crippen LogP contribution in [0.3, 0.4) is 0 Å². The maximum Gasteiger partial charge on any atom is 0.434 e. The summed E-state index contributed by atoms with van der Waals surface area (Å²) in [6.45, 7) is 0.314. The Morgan fingerprint density at radius 1 is 1.43 bits per heavy atom. The molecule has 2 aromatic rings. The lowest BCUT2D eigenvalue weighted by Gasteiger charge is -2.10. The van der Waals surface area contributed by atoms with E-state index in [9.17, 15) is 18.0 Å². The minimum Gasteiger partial charge on any atom is -0.379 e. The van der Waals surface area contributed by atoms with E-state index in [4.69, 9.17) is 4.74 Å². The minimum atomic E-state index is -4.70. The number of carbonyl (C=O) groups is 1. The van der Waals surface area contributed by atoms with Crippen molar-refractivity contribution in [2.24, 2.45) is 0 Å². The number of anilines is 1. The summed E-state index contributed by atoms with van der Waals surface area (Å²) in [5.74, 6) is -0.909. The lowest BCUT2D eigenvalue weighted by atomic mass is 10.2. The highest BCUT2D eigenvalue weighted by atomic mass is 32.1. The van der Waals surface area contributed by atoms with Gasteiger partial charge in [0.15, 0.2) is 10.8 Å². The predicted octanol–water partition coefficient (Wildman–Crippen LogP) is 2.96. The predicted molar refractivity (Wildman–Crippen MR) is 70.0 cm³/mol. The van der Waals surface area contributed by atoms with Gasteiger partial charge in [-0.1, -0.05) is 11.3 Å². The van der Waals surface area contributed by atoms with E-state index in [1.807, 2.05) is 0 Å². The van der Waals surface area contributed by atoms with Gasteiger partial charge in [0.05, 0.1) is 17.0 Å². The van der Waals surface area contributed by atoms with Crippen LogP contribution in [0.25, 0.3) is 0 Å². The van der Waals surface area contributed by atoms with Crippen LogP contribution in [0, 0.1) is 0 Å². The van der Waals surface area contributed by atoms with Crippen molar-refractivity contribution in [1.29, 1.82) is 0 Å².